The van der Waals surface area contributed by atoms with Crippen LogP contribution < -0.4 is 4.90 Å². The van der Waals surface area contributed by atoms with Gasteiger partial charge in [-0.2, -0.15) is 5.26 Å². The Morgan fingerprint density at radius 1 is 1.09 bits per heavy atom. The maximum Gasteiger partial charge on any atom is 0.142 e. The van der Waals surface area contributed by atoms with Crippen LogP contribution in [0.3, 0.4) is 0 Å². The van der Waals surface area contributed by atoms with Crippen molar-refractivity contribution in [1.82, 2.24) is 9.88 Å². The molecule has 0 spiro atoms. The standard InChI is InChI=1S/C19H22N4/c1-16-10-11-22(19-9-5-8-18(14-20)21-19)12-13-23(16)15-17-6-3-2-4-7-17/h2-9,16H,10-13,15H2,1H3. The fraction of sp³-hybridized carbons (Fsp3) is 0.368. The predicted molar refractivity (Wildman–Crippen MR) is 92.1 cm³/mol. The largest absolute Gasteiger partial charge is 0.355 e. The number of benzene rings is 1. The van der Waals surface area contributed by atoms with Gasteiger partial charge in [-0.3, -0.25) is 4.90 Å². The first-order valence-corrected chi connectivity index (χ1v) is 8.16. The Balaban J connectivity index is 1.69. The predicted octanol–water partition coefficient (Wildman–Crippen LogP) is 3.05. The fourth-order valence-electron chi connectivity index (χ4n) is 3.05. The number of hydrogen-bond acceptors (Lipinski definition) is 4. The quantitative estimate of drug-likeness (QED) is 0.874. The van der Waals surface area contributed by atoms with Gasteiger partial charge in [-0.15, -0.1) is 0 Å². The summed E-state index contributed by atoms with van der Waals surface area (Å²) in [5.41, 5.74) is 1.85. The molecular formula is C19H22N4. The molecule has 1 aromatic heterocycles. The summed E-state index contributed by atoms with van der Waals surface area (Å²) in [5.74, 6) is 0.915. The van der Waals surface area contributed by atoms with Crippen LogP contribution in [-0.2, 0) is 6.54 Å². The van der Waals surface area contributed by atoms with E-state index in [1.807, 2.05) is 12.1 Å². The summed E-state index contributed by atoms with van der Waals surface area (Å²) in [6, 6.07) is 19.0. The van der Waals surface area contributed by atoms with Gasteiger partial charge in [0.1, 0.15) is 17.6 Å². The van der Waals surface area contributed by atoms with Crippen LogP contribution >= 0.6 is 0 Å². The van der Waals surface area contributed by atoms with Gasteiger partial charge in [-0.1, -0.05) is 36.4 Å². The Morgan fingerprint density at radius 3 is 2.70 bits per heavy atom. The van der Waals surface area contributed by atoms with Crippen molar-refractivity contribution in [3.63, 3.8) is 0 Å². The molecule has 1 aromatic carbocycles. The van der Waals surface area contributed by atoms with Crippen molar-refractivity contribution in [2.45, 2.75) is 25.9 Å². The Bertz CT molecular complexity index is 677. The second-order valence-corrected chi connectivity index (χ2v) is 6.07. The SMILES string of the molecule is CC1CCN(c2cccc(C#N)n2)CCN1Cc1ccccc1. The summed E-state index contributed by atoms with van der Waals surface area (Å²) in [7, 11) is 0. The third-order valence-electron chi connectivity index (χ3n) is 4.50. The number of anilines is 1. The normalized spacial score (nSPS) is 19.1. The van der Waals surface area contributed by atoms with Crippen LogP contribution in [0, 0.1) is 11.3 Å². The first-order valence-electron chi connectivity index (χ1n) is 8.16. The van der Waals surface area contributed by atoms with Gasteiger partial charge in [-0.05, 0) is 31.0 Å². The van der Waals surface area contributed by atoms with E-state index in [0.717, 1.165) is 38.4 Å². The van der Waals surface area contributed by atoms with E-state index in [-0.39, 0.29) is 0 Å². The van der Waals surface area contributed by atoms with E-state index >= 15 is 0 Å². The number of pyridine rings is 1. The molecule has 2 aromatic rings. The minimum atomic E-state index is 0.487. The van der Waals surface area contributed by atoms with Crippen LogP contribution in [0.5, 0.6) is 0 Å². The minimum absolute atomic E-state index is 0.487. The van der Waals surface area contributed by atoms with E-state index < -0.39 is 0 Å². The molecule has 1 aliphatic rings. The van der Waals surface area contributed by atoms with Crippen molar-refractivity contribution in [3.8, 4) is 6.07 Å². The van der Waals surface area contributed by atoms with Crippen LogP contribution in [0.1, 0.15) is 24.6 Å². The number of hydrogen-bond donors (Lipinski definition) is 0. The molecule has 0 radical (unpaired) electrons. The average molecular weight is 306 g/mol. The second kappa shape index (κ2) is 7.26. The van der Waals surface area contributed by atoms with Crippen LogP contribution in [-0.4, -0.2) is 35.6 Å². The molecule has 2 heterocycles. The molecule has 0 N–H and O–H groups in total. The highest BCUT2D eigenvalue weighted by Gasteiger charge is 2.21. The van der Waals surface area contributed by atoms with Crippen molar-refractivity contribution in [2.24, 2.45) is 0 Å². The summed E-state index contributed by atoms with van der Waals surface area (Å²) in [6.45, 7) is 6.22. The van der Waals surface area contributed by atoms with Gasteiger partial charge in [0, 0.05) is 32.2 Å². The van der Waals surface area contributed by atoms with Gasteiger partial charge in [0.15, 0.2) is 0 Å². The van der Waals surface area contributed by atoms with E-state index in [1.165, 1.54) is 5.56 Å². The molecule has 118 valence electrons. The highest BCUT2D eigenvalue weighted by molar-refractivity contribution is 5.41. The van der Waals surface area contributed by atoms with Gasteiger partial charge in [0.05, 0.1) is 0 Å². The van der Waals surface area contributed by atoms with Gasteiger partial charge in [0.25, 0.3) is 0 Å². The van der Waals surface area contributed by atoms with E-state index in [2.05, 4.69) is 58.1 Å². The van der Waals surface area contributed by atoms with Crippen molar-refractivity contribution >= 4 is 5.82 Å². The number of nitriles is 1. The van der Waals surface area contributed by atoms with E-state index in [9.17, 15) is 0 Å². The third kappa shape index (κ3) is 3.88. The average Bonchev–Trinajstić information content (AvgIpc) is 2.78. The Morgan fingerprint density at radius 2 is 1.91 bits per heavy atom. The van der Waals surface area contributed by atoms with E-state index in [1.54, 1.807) is 6.07 Å². The van der Waals surface area contributed by atoms with Crippen molar-refractivity contribution in [2.75, 3.05) is 24.5 Å². The first kappa shape index (κ1) is 15.5. The zero-order valence-electron chi connectivity index (χ0n) is 13.5. The summed E-state index contributed by atoms with van der Waals surface area (Å²) >= 11 is 0. The van der Waals surface area contributed by atoms with Gasteiger partial charge >= 0.3 is 0 Å². The highest BCUT2D eigenvalue weighted by Crippen LogP contribution is 2.19. The molecule has 0 bridgehead atoms. The molecule has 4 nitrogen and oxygen atoms in total. The fourth-order valence-corrected chi connectivity index (χ4v) is 3.05. The van der Waals surface area contributed by atoms with E-state index in [4.69, 9.17) is 5.26 Å². The molecule has 1 atom stereocenters. The molecule has 1 aliphatic heterocycles. The molecule has 1 unspecified atom stereocenters. The number of aromatic nitrogens is 1. The maximum absolute atomic E-state index is 9.02. The Kier molecular flexibility index (Phi) is 4.89. The van der Waals surface area contributed by atoms with Crippen LogP contribution in [0.15, 0.2) is 48.5 Å². The van der Waals surface area contributed by atoms with Crippen LogP contribution in [0.25, 0.3) is 0 Å². The topological polar surface area (TPSA) is 43.2 Å². The summed E-state index contributed by atoms with van der Waals surface area (Å²) < 4.78 is 0. The molecular weight excluding hydrogens is 284 g/mol. The molecule has 0 amide bonds. The minimum Gasteiger partial charge on any atom is -0.355 e. The monoisotopic (exact) mass is 306 g/mol. The van der Waals surface area contributed by atoms with Crippen LogP contribution in [0.4, 0.5) is 5.82 Å². The smallest absolute Gasteiger partial charge is 0.142 e. The third-order valence-corrected chi connectivity index (χ3v) is 4.50. The highest BCUT2D eigenvalue weighted by atomic mass is 15.3. The molecule has 0 aliphatic carbocycles. The van der Waals surface area contributed by atoms with Crippen molar-refractivity contribution in [3.05, 3.63) is 59.8 Å². The lowest BCUT2D eigenvalue weighted by Crippen LogP contribution is -2.34. The van der Waals surface area contributed by atoms with Crippen LogP contribution in [0.2, 0.25) is 0 Å². The second-order valence-electron chi connectivity index (χ2n) is 6.07. The lowest BCUT2D eigenvalue weighted by Gasteiger charge is -2.26. The number of rotatable bonds is 3. The number of nitrogens with zero attached hydrogens (tertiary/aromatic N) is 4. The van der Waals surface area contributed by atoms with Crippen molar-refractivity contribution < 1.29 is 0 Å². The molecule has 1 saturated heterocycles. The maximum atomic E-state index is 9.02. The Hall–Kier alpha value is -2.38. The summed E-state index contributed by atoms with van der Waals surface area (Å²) in [6.07, 6.45) is 1.10. The lowest BCUT2D eigenvalue weighted by molar-refractivity contribution is 0.212. The van der Waals surface area contributed by atoms with Gasteiger partial charge < -0.3 is 4.90 Å². The zero-order chi connectivity index (χ0) is 16.1. The molecule has 0 saturated carbocycles. The first-order chi connectivity index (χ1) is 11.3. The summed E-state index contributed by atoms with van der Waals surface area (Å²) in [4.78, 5) is 9.26. The molecule has 3 rings (SSSR count). The van der Waals surface area contributed by atoms with Gasteiger partial charge in [-0.25, -0.2) is 4.98 Å². The lowest BCUT2D eigenvalue weighted by atomic mass is 10.1. The van der Waals surface area contributed by atoms with E-state index in [0.29, 0.717) is 11.7 Å². The molecule has 4 heteroatoms. The van der Waals surface area contributed by atoms with Crippen molar-refractivity contribution in [1.29, 1.82) is 5.26 Å². The molecule has 1 fully saturated rings. The summed E-state index contributed by atoms with van der Waals surface area (Å²) in [5, 5.41) is 9.02. The zero-order valence-corrected chi connectivity index (χ0v) is 13.5. The molecule has 23 heavy (non-hydrogen) atoms. The van der Waals surface area contributed by atoms with Gasteiger partial charge in [0.2, 0.25) is 0 Å². The Labute approximate surface area is 138 Å².